The zero-order valence-electron chi connectivity index (χ0n) is 11.5. The lowest BCUT2D eigenvalue weighted by Crippen LogP contribution is -2.39. The predicted molar refractivity (Wildman–Crippen MR) is 70.2 cm³/mol. The number of anilines is 1. The minimum atomic E-state index is -0.946. The number of ether oxygens (including phenoxy) is 2. The van der Waals surface area contributed by atoms with Gasteiger partial charge in [-0.1, -0.05) is 13.0 Å². The molecule has 0 aliphatic carbocycles. The Balaban J connectivity index is 2.59. The maximum atomic E-state index is 12.4. The molecule has 0 spiro atoms. The second-order valence-electron chi connectivity index (χ2n) is 4.47. The van der Waals surface area contributed by atoms with E-state index in [2.05, 4.69) is 4.74 Å². The van der Waals surface area contributed by atoms with Crippen LogP contribution in [0.15, 0.2) is 18.2 Å². The molecule has 1 atom stereocenters. The van der Waals surface area contributed by atoms with Gasteiger partial charge in [0.2, 0.25) is 0 Å². The van der Waals surface area contributed by atoms with E-state index < -0.39 is 11.6 Å². The van der Waals surface area contributed by atoms with Gasteiger partial charge in [-0.05, 0) is 18.6 Å². The van der Waals surface area contributed by atoms with Crippen LogP contribution in [0.2, 0.25) is 0 Å². The van der Waals surface area contributed by atoms with Crippen molar-refractivity contribution >= 4 is 17.6 Å². The third-order valence-corrected chi connectivity index (χ3v) is 3.71. The molecular weight excluding hydrogens is 246 g/mol. The second kappa shape index (κ2) is 4.66. The molecule has 1 aliphatic heterocycles. The van der Waals surface area contributed by atoms with Gasteiger partial charge in [-0.25, -0.2) is 4.79 Å². The van der Waals surface area contributed by atoms with Crippen molar-refractivity contribution < 1.29 is 19.1 Å². The van der Waals surface area contributed by atoms with Crippen molar-refractivity contribution in [3.05, 3.63) is 29.3 Å². The first kappa shape index (κ1) is 13.5. The van der Waals surface area contributed by atoms with E-state index >= 15 is 0 Å². The number of methoxy groups -OCH3 is 2. The number of benzene rings is 1. The summed E-state index contributed by atoms with van der Waals surface area (Å²) in [5, 5.41) is 0. The predicted octanol–water partition coefficient (Wildman–Crippen LogP) is 1.70. The lowest BCUT2D eigenvalue weighted by molar-refractivity contribution is -0.140. The Kier molecular flexibility index (Phi) is 3.32. The van der Waals surface area contributed by atoms with Gasteiger partial charge in [0.25, 0.3) is 5.91 Å². The molecule has 1 aliphatic rings. The first-order valence-electron chi connectivity index (χ1n) is 6.08. The molecule has 1 unspecified atom stereocenters. The molecule has 0 N–H and O–H groups in total. The van der Waals surface area contributed by atoms with Crippen molar-refractivity contribution in [2.75, 3.05) is 26.2 Å². The number of hydrogen-bond donors (Lipinski definition) is 0. The lowest BCUT2D eigenvalue weighted by Gasteiger charge is -2.24. The van der Waals surface area contributed by atoms with Crippen LogP contribution in [0.5, 0.6) is 0 Å². The molecule has 1 amide bonds. The molecule has 2 rings (SSSR count). The monoisotopic (exact) mass is 263 g/mol. The van der Waals surface area contributed by atoms with E-state index in [1.165, 1.54) is 19.1 Å². The average molecular weight is 263 g/mol. The molecular formula is C14H17NO4. The SMILES string of the molecule is CCC1(OC)C(=O)N(C)c2cc(C(=O)OC)ccc21. The van der Waals surface area contributed by atoms with Crippen LogP contribution in [0.3, 0.4) is 0 Å². The Labute approximate surface area is 112 Å². The lowest BCUT2D eigenvalue weighted by atomic mass is 9.91. The molecule has 1 aromatic carbocycles. The molecule has 0 fully saturated rings. The Morgan fingerprint density at radius 3 is 2.58 bits per heavy atom. The summed E-state index contributed by atoms with van der Waals surface area (Å²) in [6.45, 7) is 1.90. The molecule has 0 radical (unpaired) electrons. The Morgan fingerprint density at radius 1 is 1.37 bits per heavy atom. The molecule has 0 saturated heterocycles. The number of hydrogen-bond acceptors (Lipinski definition) is 4. The van der Waals surface area contributed by atoms with Crippen LogP contribution in [-0.4, -0.2) is 33.1 Å². The standard InChI is InChI=1S/C14H17NO4/c1-5-14(19-4)10-7-6-9(12(16)18-3)8-11(10)15(2)13(14)17/h6-8H,5H2,1-4H3. The number of esters is 1. The minimum absolute atomic E-state index is 0.116. The summed E-state index contributed by atoms with van der Waals surface area (Å²) in [5.74, 6) is -0.537. The first-order chi connectivity index (χ1) is 9.01. The number of fused-ring (bicyclic) bond motifs is 1. The van der Waals surface area contributed by atoms with Gasteiger partial charge in [0.1, 0.15) is 0 Å². The smallest absolute Gasteiger partial charge is 0.337 e. The fraction of sp³-hybridized carbons (Fsp3) is 0.429. The number of amides is 1. The maximum absolute atomic E-state index is 12.4. The van der Waals surface area contributed by atoms with E-state index in [0.717, 1.165) is 5.56 Å². The number of carbonyl (C=O) groups is 2. The second-order valence-corrected chi connectivity index (χ2v) is 4.47. The van der Waals surface area contributed by atoms with Crippen molar-refractivity contribution in [1.82, 2.24) is 0 Å². The van der Waals surface area contributed by atoms with Crippen molar-refractivity contribution in [1.29, 1.82) is 0 Å². The highest BCUT2D eigenvalue weighted by molar-refractivity contribution is 6.07. The van der Waals surface area contributed by atoms with Gasteiger partial charge < -0.3 is 14.4 Å². The highest BCUT2D eigenvalue weighted by atomic mass is 16.5. The van der Waals surface area contributed by atoms with Gasteiger partial charge in [0, 0.05) is 19.7 Å². The van der Waals surface area contributed by atoms with Crippen molar-refractivity contribution in [3.8, 4) is 0 Å². The molecule has 0 saturated carbocycles. The Morgan fingerprint density at radius 2 is 2.05 bits per heavy atom. The van der Waals surface area contributed by atoms with Crippen LogP contribution in [0.25, 0.3) is 0 Å². The van der Waals surface area contributed by atoms with Crippen LogP contribution in [0, 0.1) is 0 Å². The quantitative estimate of drug-likeness (QED) is 0.779. The molecule has 5 heteroatoms. The van der Waals surface area contributed by atoms with Crippen LogP contribution >= 0.6 is 0 Å². The van der Waals surface area contributed by atoms with Crippen molar-refractivity contribution in [2.24, 2.45) is 0 Å². The van der Waals surface area contributed by atoms with E-state index in [-0.39, 0.29) is 5.91 Å². The third kappa shape index (κ3) is 1.73. The summed E-state index contributed by atoms with van der Waals surface area (Å²) in [6, 6.07) is 5.08. The van der Waals surface area contributed by atoms with E-state index in [4.69, 9.17) is 4.74 Å². The number of nitrogens with zero attached hydrogens (tertiary/aromatic N) is 1. The van der Waals surface area contributed by atoms with Crippen LogP contribution in [0.1, 0.15) is 29.3 Å². The summed E-state index contributed by atoms with van der Waals surface area (Å²) in [6.07, 6.45) is 0.539. The summed E-state index contributed by atoms with van der Waals surface area (Å²) < 4.78 is 10.2. The van der Waals surface area contributed by atoms with Crippen molar-refractivity contribution in [2.45, 2.75) is 18.9 Å². The molecule has 5 nitrogen and oxygen atoms in total. The summed E-state index contributed by atoms with van der Waals surface area (Å²) in [5.41, 5.74) is 0.955. The van der Waals surface area contributed by atoms with Crippen molar-refractivity contribution in [3.63, 3.8) is 0 Å². The zero-order chi connectivity index (χ0) is 14.2. The maximum Gasteiger partial charge on any atom is 0.337 e. The van der Waals surface area contributed by atoms with Crippen LogP contribution < -0.4 is 4.90 Å². The number of likely N-dealkylation sites (N-methyl/N-ethyl adjacent to an activating group) is 1. The largest absolute Gasteiger partial charge is 0.465 e. The van der Waals surface area contributed by atoms with Crippen LogP contribution in [0.4, 0.5) is 5.69 Å². The van der Waals surface area contributed by atoms with E-state index in [1.807, 2.05) is 6.92 Å². The Hall–Kier alpha value is -1.88. The molecule has 0 bridgehead atoms. The third-order valence-electron chi connectivity index (χ3n) is 3.71. The van der Waals surface area contributed by atoms with Gasteiger partial charge in [-0.2, -0.15) is 0 Å². The normalized spacial score (nSPS) is 21.5. The van der Waals surface area contributed by atoms with Crippen LogP contribution in [-0.2, 0) is 19.9 Å². The highest BCUT2D eigenvalue weighted by Gasteiger charge is 2.49. The first-order valence-corrected chi connectivity index (χ1v) is 6.08. The fourth-order valence-corrected chi connectivity index (χ4v) is 2.57. The van der Waals surface area contributed by atoms with Gasteiger partial charge in [-0.3, -0.25) is 4.79 Å². The Bertz CT molecular complexity index is 534. The number of carbonyl (C=O) groups excluding carboxylic acids is 2. The summed E-state index contributed by atoms with van der Waals surface area (Å²) in [7, 11) is 4.53. The van der Waals surface area contributed by atoms with E-state index in [1.54, 1.807) is 25.2 Å². The molecule has 19 heavy (non-hydrogen) atoms. The van der Waals surface area contributed by atoms with E-state index in [9.17, 15) is 9.59 Å². The minimum Gasteiger partial charge on any atom is -0.465 e. The van der Waals surface area contributed by atoms with Gasteiger partial charge >= 0.3 is 5.97 Å². The van der Waals surface area contributed by atoms with Gasteiger partial charge in [0.05, 0.1) is 18.4 Å². The molecule has 1 aromatic rings. The summed E-state index contributed by atoms with van der Waals surface area (Å²) >= 11 is 0. The zero-order valence-corrected chi connectivity index (χ0v) is 11.5. The van der Waals surface area contributed by atoms with Gasteiger partial charge in [-0.15, -0.1) is 0 Å². The highest BCUT2D eigenvalue weighted by Crippen LogP contribution is 2.44. The van der Waals surface area contributed by atoms with Gasteiger partial charge in [0.15, 0.2) is 5.60 Å². The number of rotatable bonds is 3. The fourth-order valence-electron chi connectivity index (χ4n) is 2.57. The topological polar surface area (TPSA) is 55.8 Å². The summed E-state index contributed by atoms with van der Waals surface area (Å²) in [4.78, 5) is 25.4. The molecule has 102 valence electrons. The molecule has 0 aromatic heterocycles. The molecule has 1 heterocycles. The van der Waals surface area contributed by atoms with E-state index in [0.29, 0.717) is 17.7 Å². The average Bonchev–Trinajstić information content (AvgIpc) is 2.67.